The van der Waals surface area contributed by atoms with E-state index in [9.17, 15) is 25.2 Å². The predicted octanol–water partition coefficient (Wildman–Crippen LogP) is 7.07. The summed E-state index contributed by atoms with van der Waals surface area (Å²) in [5.74, 6) is -1.27. The van der Waals surface area contributed by atoms with Gasteiger partial charge in [0.05, 0.1) is 0 Å². The van der Waals surface area contributed by atoms with Gasteiger partial charge in [0.15, 0.2) is 5.78 Å². The normalized spacial score (nSPS) is 11.3. The van der Waals surface area contributed by atoms with Crippen molar-refractivity contribution in [1.82, 2.24) is 0 Å². The topological polar surface area (TPSA) is 98.0 Å². The molecule has 0 saturated carbocycles. The van der Waals surface area contributed by atoms with Gasteiger partial charge in [0.1, 0.15) is 28.6 Å². The molecule has 2 aromatic carbocycles. The monoisotopic (exact) mass is 478 g/mol. The van der Waals surface area contributed by atoms with Gasteiger partial charge in [-0.3, -0.25) is 4.79 Å². The molecule has 2 aromatic rings. The Morgan fingerprint density at radius 3 is 2.11 bits per heavy atom. The largest absolute Gasteiger partial charge is 0.508 e. The zero-order chi connectivity index (χ0) is 26.1. The lowest BCUT2D eigenvalue weighted by Gasteiger charge is -2.13. The number of benzene rings is 2. The Balaban J connectivity index is 2.13. The number of aromatic hydroxyl groups is 4. The van der Waals surface area contributed by atoms with Gasteiger partial charge in [-0.1, -0.05) is 47.1 Å². The maximum absolute atomic E-state index is 12.9. The van der Waals surface area contributed by atoms with Crippen LogP contribution in [0.5, 0.6) is 23.0 Å². The number of hydrogen-bond acceptors (Lipinski definition) is 5. The molecular weight excluding hydrogens is 440 g/mol. The van der Waals surface area contributed by atoms with Crippen molar-refractivity contribution in [3.63, 3.8) is 0 Å². The van der Waals surface area contributed by atoms with Gasteiger partial charge in [0.2, 0.25) is 0 Å². The Morgan fingerprint density at radius 1 is 0.771 bits per heavy atom. The van der Waals surface area contributed by atoms with Crippen LogP contribution in [0.25, 0.3) is 0 Å². The van der Waals surface area contributed by atoms with E-state index in [4.69, 9.17) is 0 Å². The van der Waals surface area contributed by atoms with Gasteiger partial charge in [-0.05, 0) is 83.9 Å². The zero-order valence-corrected chi connectivity index (χ0v) is 21.5. The first-order valence-electron chi connectivity index (χ1n) is 12.0. The molecule has 0 fully saturated rings. The third-order valence-electron chi connectivity index (χ3n) is 5.90. The van der Waals surface area contributed by atoms with Crippen LogP contribution in [0.2, 0.25) is 0 Å². The fraction of sp³-hybridized carbons (Fsp3) is 0.367. The second-order valence-corrected chi connectivity index (χ2v) is 9.56. The van der Waals surface area contributed by atoms with E-state index in [1.807, 2.05) is 26.0 Å². The van der Waals surface area contributed by atoms with Gasteiger partial charge < -0.3 is 20.4 Å². The van der Waals surface area contributed by atoms with E-state index >= 15 is 0 Å². The van der Waals surface area contributed by atoms with Gasteiger partial charge >= 0.3 is 0 Å². The van der Waals surface area contributed by atoms with E-state index in [-0.39, 0.29) is 41.2 Å². The van der Waals surface area contributed by atoms with Crippen molar-refractivity contribution in [2.24, 2.45) is 0 Å². The Kier molecular flexibility index (Phi) is 10.2. The van der Waals surface area contributed by atoms with Crippen LogP contribution in [0, 0.1) is 0 Å². The van der Waals surface area contributed by atoms with E-state index in [2.05, 4.69) is 32.9 Å². The van der Waals surface area contributed by atoms with Gasteiger partial charge in [-0.25, -0.2) is 0 Å². The van der Waals surface area contributed by atoms with E-state index in [0.29, 0.717) is 12.8 Å². The minimum absolute atomic E-state index is 0.0652. The fourth-order valence-electron chi connectivity index (χ4n) is 3.78. The number of rotatable bonds is 11. The molecule has 0 aliphatic heterocycles. The number of aryl methyl sites for hydroxylation is 1. The molecule has 5 nitrogen and oxygen atoms in total. The van der Waals surface area contributed by atoms with Crippen molar-refractivity contribution < 1.29 is 25.2 Å². The summed E-state index contributed by atoms with van der Waals surface area (Å²) in [7, 11) is 0. The summed E-state index contributed by atoms with van der Waals surface area (Å²) in [5.41, 5.74) is 5.27. The summed E-state index contributed by atoms with van der Waals surface area (Å²) in [6, 6.07) is 6.40. The first kappa shape index (κ1) is 27.8. The molecule has 5 heteroatoms. The van der Waals surface area contributed by atoms with Crippen molar-refractivity contribution in [3.05, 3.63) is 81.5 Å². The van der Waals surface area contributed by atoms with E-state index < -0.39 is 11.5 Å². The highest BCUT2D eigenvalue weighted by atomic mass is 16.3. The molecule has 0 heterocycles. The molecule has 2 rings (SSSR count). The third-order valence-corrected chi connectivity index (χ3v) is 5.90. The first-order chi connectivity index (χ1) is 16.5. The molecule has 0 amide bonds. The summed E-state index contributed by atoms with van der Waals surface area (Å²) in [4.78, 5) is 12.9. The maximum Gasteiger partial charge on any atom is 0.170 e. The highest BCUT2D eigenvalue weighted by molar-refractivity contribution is 6.02. The van der Waals surface area contributed by atoms with Gasteiger partial charge in [-0.15, -0.1) is 0 Å². The van der Waals surface area contributed by atoms with Crippen molar-refractivity contribution >= 4 is 5.78 Å². The van der Waals surface area contributed by atoms with Crippen molar-refractivity contribution in [2.75, 3.05) is 0 Å². The number of phenols is 4. The molecule has 0 aliphatic rings. The fourth-order valence-corrected chi connectivity index (χ4v) is 3.78. The first-order valence-corrected chi connectivity index (χ1v) is 12.0. The van der Waals surface area contributed by atoms with Crippen LogP contribution in [-0.4, -0.2) is 26.2 Å². The predicted molar refractivity (Wildman–Crippen MR) is 141 cm³/mol. The summed E-state index contributed by atoms with van der Waals surface area (Å²) in [6.45, 7) is 10.0. The second kappa shape index (κ2) is 12.8. The van der Waals surface area contributed by atoms with E-state index in [0.717, 1.165) is 35.6 Å². The Labute approximate surface area is 208 Å². The standard InChI is InChI=1S/C30H38O5/c1-19(2)7-6-8-21(5)10-13-23-17-22(11-15-25(23)31)12-16-26(32)29-28(34)18-27(33)24(30(29)35)14-9-20(3)4/h7,9-11,15,17-18,31,33-35H,6,8,12-14,16H2,1-5H3/b21-10+. The van der Waals surface area contributed by atoms with Crippen LogP contribution in [0.15, 0.2) is 59.2 Å². The Hall–Kier alpha value is -3.47. The quantitative estimate of drug-likeness (QED) is 0.205. The maximum atomic E-state index is 12.9. The molecule has 0 unspecified atom stereocenters. The van der Waals surface area contributed by atoms with Crippen molar-refractivity contribution in [2.45, 2.75) is 73.1 Å². The van der Waals surface area contributed by atoms with Crippen LogP contribution in [0.3, 0.4) is 0 Å². The number of phenolic OH excluding ortho intramolecular Hbond substituents is 4. The molecule has 0 aromatic heterocycles. The average Bonchev–Trinajstić information content (AvgIpc) is 2.76. The number of allylic oxidation sites excluding steroid dienone is 6. The molecule has 0 atom stereocenters. The molecule has 0 spiro atoms. The molecule has 0 radical (unpaired) electrons. The molecule has 35 heavy (non-hydrogen) atoms. The lowest BCUT2D eigenvalue weighted by molar-refractivity contribution is 0.0977. The third kappa shape index (κ3) is 8.36. The Morgan fingerprint density at radius 2 is 1.46 bits per heavy atom. The zero-order valence-electron chi connectivity index (χ0n) is 21.5. The van der Waals surface area contributed by atoms with Crippen LogP contribution in [0.1, 0.15) is 80.9 Å². The number of Topliss-reactive ketones (excluding diaryl/α,β-unsaturated/α-hetero) is 1. The van der Waals surface area contributed by atoms with Gasteiger partial charge in [0.25, 0.3) is 0 Å². The van der Waals surface area contributed by atoms with E-state index in [1.165, 1.54) is 11.1 Å². The van der Waals surface area contributed by atoms with Crippen molar-refractivity contribution in [1.29, 1.82) is 0 Å². The number of ketones is 1. The molecular formula is C30H38O5. The van der Waals surface area contributed by atoms with E-state index in [1.54, 1.807) is 12.1 Å². The minimum atomic E-state index is -0.439. The molecule has 0 saturated heterocycles. The average molecular weight is 479 g/mol. The van der Waals surface area contributed by atoms with Crippen LogP contribution >= 0.6 is 0 Å². The highest BCUT2D eigenvalue weighted by Crippen LogP contribution is 2.39. The number of carbonyl (C=O) groups excluding carboxylic acids is 1. The van der Waals surface area contributed by atoms with Gasteiger partial charge in [-0.2, -0.15) is 0 Å². The van der Waals surface area contributed by atoms with Crippen LogP contribution in [0.4, 0.5) is 0 Å². The Bertz CT molecular complexity index is 1140. The number of carbonyl (C=O) groups is 1. The van der Waals surface area contributed by atoms with Crippen LogP contribution < -0.4 is 0 Å². The molecule has 4 N–H and O–H groups in total. The lowest BCUT2D eigenvalue weighted by atomic mass is 9.96. The van der Waals surface area contributed by atoms with Crippen LogP contribution in [-0.2, 0) is 19.3 Å². The number of hydrogen-bond donors (Lipinski definition) is 4. The van der Waals surface area contributed by atoms with Crippen molar-refractivity contribution in [3.8, 4) is 23.0 Å². The van der Waals surface area contributed by atoms with Gasteiger partial charge in [0, 0.05) is 18.1 Å². The minimum Gasteiger partial charge on any atom is -0.508 e. The summed E-state index contributed by atoms with van der Waals surface area (Å²) in [5, 5.41) is 41.2. The highest BCUT2D eigenvalue weighted by Gasteiger charge is 2.22. The summed E-state index contributed by atoms with van der Waals surface area (Å²) < 4.78 is 0. The smallest absolute Gasteiger partial charge is 0.170 e. The summed E-state index contributed by atoms with van der Waals surface area (Å²) in [6.07, 6.45) is 9.42. The lowest BCUT2D eigenvalue weighted by Crippen LogP contribution is -2.04. The molecule has 0 aliphatic carbocycles. The molecule has 188 valence electrons. The SMILES string of the molecule is CC(C)=CCC/C(C)=C/Cc1cc(CCC(=O)c2c(O)cc(O)c(CC=C(C)C)c2O)ccc1O. The molecule has 0 bridgehead atoms. The summed E-state index contributed by atoms with van der Waals surface area (Å²) >= 11 is 0. The second-order valence-electron chi connectivity index (χ2n) is 9.56.